The maximum absolute atomic E-state index is 12.6. The lowest BCUT2D eigenvalue weighted by Gasteiger charge is -2.50. The van der Waals surface area contributed by atoms with Crippen LogP contribution in [-0.4, -0.2) is 64.9 Å². The van der Waals surface area contributed by atoms with Crippen molar-refractivity contribution in [2.75, 3.05) is 26.3 Å². The first-order valence-electron chi connectivity index (χ1n) is 10.9. The number of aliphatic carboxylic acids is 1. The second-order valence-electron chi connectivity index (χ2n) is 8.38. The SMILES string of the molecule is Cc1ccccc1CCC(=O)N1CC2(C1)OCCC2COc1cccnc1.O=C(O)C(F)(F)F. The van der Waals surface area contributed by atoms with Crippen molar-refractivity contribution in [3.05, 3.63) is 59.9 Å². The van der Waals surface area contributed by atoms with E-state index >= 15 is 0 Å². The number of hydrogen-bond donors (Lipinski definition) is 1. The number of aromatic nitrogens is 1. The van der Waals surface area contributed by atoms with Gasteiger partial charge >= 0.3 is 12.1 Å². The number of likely N-dealkylation sites (tertiary alicyclic amines) is 1. The van der Waals surface area contributed by atoms with Crippen LogP contribution in [0.2, 0.25) is 0 Å². The highest BCUT2D eigenvalue weighted by Crippen LogP contribution is 2.40. The zero-order valence-electron chi connectivity index (χ0n) is 18.8. The first-order valence-corrected chi connectivity index (χ1v) is 10.9. The van der Waals surface area contributed by atoms with Crippen LogP contribution in [0.15, 0.2) is 48.8 Å². The summed E-state index contributed by atoms with van der Waals surface area (Å²) in [4.78, 5) is 27.5. The largest absolute Gasteiger partial charge is 0.492 e. The number of ether oxygens (including phenoxy) is 2. The van der Waals surface area contributed by atoms with Crippen molar-refractivity contribution in [1.82, 2.24) is 9.88 Å². The minimum atomic E-state index is -5.08. The van der Waals surface area contributed by atoms with Gasteiger partial charge in [0.05, 0.1) is 25.9 Å². The quantitative estimate of drug-likeness (QED) is 0.679. The molecule has 1 aromatic heterocycles. The van der Waals surface area contributed by atoms with Crippen molar-refractivity contribution >= 4 is 11.9 Å². The topological polar surface area (TPSA) is 89.0 Å². The number of carbonyl (C=O) groups excluding carboxylic acids is 1. The van der Waals surface area contributed by atoms with E-state index in [-0.39, 0.29) is 11.5 Å². The van der Waals surface area contributed by atoms with Gasteiger partial charge in [-0.15, -0.1) is 0 Å². The molecule has 184 valence electrons. The molecule has 1 amide bonds. The number of halogens is 3. The molecule has 4 rings (SSSR count). The lowest BCUT2D eigenvalue weighted by Crippen LogP contribution is -2.66. The van der Waals surface area contributed by atoms with E-state index in [0.717, 1.165) is 25.2 Å². The Balaban J connectivity index is 0.000000406. The molecule has 2 fully saturated rings. The predicted octanol–water partition coefficient (Wildman–Crippen LogP) is 3.65. The summed E-state index contributed by atoms with van der Waals surface area (Å²) in [5.41, 5.74) is 2.28. The summed E-state index contributed by atoms with van der Waals surface area (Å²) < 4.78 is 43.7. The molecule has 1 N–H and O–H groups in total. The van der Waals surface area contributed by atoms with Gasteiger partial charge in [0, 0.05) is 25.1 Å². The maximum atomic E-state index is 12.6. The Kier molecular flexibility index (Phi) is 8.14. The summed E-state index contributed by atoms with van der Waals surface area (Å²) >= 11 is 0. The molecule has 1 spiro atoms. The zero-order chi connectivity index (χ0) is 24.8. The summed E-state index contributed by atoms with van der Waals surface area (Å²) in [6.45, 7) is 4.81. The van der Waals surface area contributed by atoms with E-state index in [9.17, 15) is 18.0 Å². The van der Waals surface area contributed by atoms with Gasteiger partial charge in [0.2, 0.25) is 5.91 Å². The van der Waals surface area contributed by atoms with Crippen molar-refractivity contribution in [2.24, 2.45) is 5.92 Å². The highest BCUT2D eigenvalue weighted by atomic mass is 19.4. The van der Waals surface area contributed by atoms with Gasteiger partial charge < -0.3 is 19.5 Å². The summed E-state index contributed by atoms with van der Waals surface area (Å²) in [6.07, 6.45) is 0.705. The van der Waals surface area contributed by atoms with E-state index in [2.05, 4.69) is 24.0 Å². The second-order valence-corrected chi connectivity index (χ2v) is 8.38. The number of aryl methyl sites for hydroxylation is 2. The highest BCUT2D eigenvalue weighted by Gasteiger charge is 2.54. The monoisotopic (exact) mass is 480 g/mol. The third kappa shape index (κ3) is 6.47. The molecule has 2 aliphatic rings. The third-order valence-corrected chi connectivity index (χ3v) is 6.07. The molecule has 0 aliphatic carbocycles. The minimum Gasteiger partial charge on any atom is -0.492 e. The average Bonchev–Trinajstić information content (AvgIpc) is 3.20. The number of nitrogens with zero attached hydrogens (tertiary/aromatic N) is 2. The molecule has 2 aromatic rings. The van der Waals surface area contributed by atoms with Crippen LogP contribution in [0.5, 0.6) is 5.75 Å². The maximum Gasteiger partial charge on any atom is 0.490 e. The van der Waals surface area contributed by atoms with Crippen molar-refractivity contribution < 1.29 is 37.3 Å². The number of benzene rings is 1. The Bertz CT molecular complexity index is 978. The van der Waals surface area contributed by atoms with Crippen LogP contribution in [-0.2, 0) is 20.7 Å². The molecule has 0 bridgehead atoms. The molecule has 1 aromatic carbocycles. The number of carboxylic acids is 1. The summed E-state index contributed by atoms with van der Waals surface area (Å²) in [6, 6.07) is 12.0. The Morgan fingerprint density at radius 1 is 1.24 bits per heavy atom. The van der Waals surface area contributed by atoms with E-state index in [1.807, 2.05) is 29.2 Å². The smallest absolute Gasteiger partial charge is 0.490 e. The van der Waals surface area contributed by atoms with Crippen LogP contribution in [0, 0.1) is 12.8 Å². The summed E-state index contributed by atoms with van der Waals surface area (Å²) in [5.74, 6) is -1.44. The van der Waals surface area contributed by atoms with E-state index in [1.54, 1.807) is 12.4 Å². The number of amides is 1. The predicted molar refractivity (Wildman–Crippen MR) is 116 cm³/mol. The van der Waals surface area contributed by atoms with E-state index in [1.165, 1.54) is 11.1 Å². The Labute approximate surface area is 195 Å². The van der Waals surface area contributed by atoms with Crippen LogP contribution in [0.4, 0.5) is 13.2 Å². The molecule has 10 heteroatoms. The van der Waals surface area contributed by atoms with Crippen molar-refractivity contribution in [1.29, 1.82) is 0 Å². The molecule has 2 aliphatic heterocycles. The molecular formula is C24H27F3N2O5. The number of alkyl halides is 3. The first-order chi connectivity index (χ1) is 16.1. The lowest BCUT2D eigenvalue weighted by molar-refractivity contribution is -0.192. The van der Waals surface area contributed by atoms with E-state index in [4.69, 9.17) is 19.4 Å². The Hall–Kier alpha value is -3.14. The molecular weight excluding hydrogens is 453 g/mol. The van der Waals surface area contributed by atoms with Crippen LogP contribution in [0.25, 0.3) is 0 Å². The van der Waals surface area contributed by atoms with Gasteiger partial charge in [0.15, 0.2) is 0 Å². The molecule has 3 heterocycles. The molecule has 2 saturated heterocycles. The van der Waals surface area contributed by atoms with E-state index < -0.39 is 12.1 Å². The van der Waals surface area contributed by atoms with Crippen molar-refractivity contribution in [3.8, 4) is 5.75 Å². The van der Waals surface area contributed by atoms with E-state index in [0.29, 0.717) is 32.0 Å². The minimum absolute atomic E-state index is 0.214. The second kappa shape index (κ2) is 10.9. The normalized spacial score (nSPS) is 18.6. The number of rotatable bonds is 6. The van der Waals surface area contributed by atoms with Crippen LogP contribution < -0.4 is 4.74 Å². The van der Waals surface area contributed by atoms with Gasteiger partial charge in [-0.25, -0.2) is 4.79 Å². The number of pyridine rings is 1. The van der Waals surface area contributed by atoms with Crippen LogP contribution in [0.3, 0.4) is 0 Å². The number of hydrogen-bond acceptors (Lipinski definition) is 5. The zero-order valence-corrected chi connectivity index (χ0v) is 18.8. The third-order valence-electron chi connectivity index (χ3n) is 6.07. The van der Waals surface area contributed by atoms with Gasteiger partial charge in [-0.05, 0) is 43.0 Å². The van der Waals surface area contributed by atoms with Gasteiger partial charge in [-0.3, -0.25) is 9.78 Å². The highest BCUT2D eigenvalue weighted by molar-refractivity contribution is 5.77. The fourth-order valence-corrected chi connectivity index (χ4v) is 4.07. The molecule has 0 radical (unpaired) electrons. The van der Waals surface area contributed by atoms with Gasteiger partial charge in [0.25, 0.3) is 0 Å². The molecule has 0 saturated carbocycles. The fraction of sp³-hybridized carbons (Fsp3) is 0.458. The molecule has 7 nitrogen and oxygen atoms in total. The van der Waals surface area contributed by atoms with Crippen LogP contribution in [0.1, 0.15) is 24.0 Å². The Morgan fingerprint density at radius 3 is 2.56 bits per heavy atom. The summed E-state index contributed by atoms with van der Waals surface area (Å²) in [5, 5.41) is 7.12. The fourth-order valence-electron chi connectivity index (χ4n) is 4.07. The first kappa shape index (κ1) is 25.5. The van der Waals surface area contributed by atoms with Crippen molar-refractivity contribution in [2.45, 2.75) is 38.0 Å². The summed E-state index contributed by atoms with van der Waals surface area (Å²) in [7, 11) is 0. The average molecular weight is 480 g/mol. The van der Waals surface area contributed by atoms with Crippen LogP contribution >= 0.6 is 0 Å². The van der Waals surface area contributed by atoms with Crippen molar-refractivity contribution in [3.63, 3.8) is 0 Å². The number of carboxylic acid groups (broad SMARTS) is 1. The standard InChI is InChI=1S/C22H26N2O3.C2HF3O2/c1-17-5-2-3-6-18(17)8-9-21(25)24-15-22(16-24)19(10-12-27-22)14-26-20-7-4-11-23-13-20;3-2(4,5)1(6)7/h2-7,11,13,19H,8-10,12,14-16H2,1H3;(H,6,7). The van der Waals surface area contributed by atoms with Gasteiger partial charge in [-0.1, -0.05) is 24.3 Å². The molecule has 1 unspecified atom stereocenters. The Morgan fingerprint density at radius 2 is 1.94 bits per heavy atom. The molecule has 1 atom stereocenters. The number of carbonyl (C=O) groups is 2. The van der Waals surface area contributed by atoms with Gasteiger partial charge in [0.1, 0.15) is 11.4 Å². The lowest BCUT2D eigenvalue weighted by atomic mass is 9.81. The molecule has 34 heavy (non-hydrogen) atoms. The van der Waals surface area contributed by atoms with Gasteiger partial charge in [-0.2, -0.15) is 13.2 Å².